The zero-order valence-electron chi connectivity index (χ0n) is 10.7. The molecule has 0 radical (unpaired) electrons. The molecule has 0 unspecified atom stereocenters. The quantitative estimate of drug-likeness (QED) is 0.846. The number of sulfonamides is 1. The van der Waals surface area contributed by atoms with Crippen LogP contribution in [-0.4, -0.2) is 20.5 Å². The molecule has 0 aliphatic rings. The average Bonchev–Trinajstić information content (AvgIpc) is 2.27. The van der Waals surface area contributed by atoms with Crippen molar-refractivity contribution in [2.45, 2.75) is 31.2 Å². The van der Waals surface area contributed by atoms with E-state index in [-0.39, 0.29) is 17.0 Å². The number of rotatable bonds is 4. The summed E-state index contributed by atoms with van der Waals surface area (Å²) in [4.78, 5) is -0.00785. The molecular formula is C12H17N3O2S. The lowest BCUT2D eigenvalue weighted by Crippen LogP contribution is -2.48. The van der Waals surface area contributed by atoms with Gasteiger partial charge in [-0.25, -0.2) is 13.1 Å². The van der Waals surface area contributed by atoms with E-state index in [0.717, 1.165) is 0 Å². The van der Waals surface area contributed by atoms with Gasteiger partial charge in [0.25, 0.3) is 0 Å². The van der Waals surface area contributed by atoms with Gasteiger partial charge in [-0.15, -0.1) is 0 Å². The summed E-state index contributed by atoms with van der Waals surface area (Å²) in [5, 5.41) is 9.05. The van der Waals surface area contributed by atoms with E-state index in [1.165, 1.54) is 6.07 Å². The van der Waals surface area contributed by atoms with E-state index in [1.807, 2.05) is 6.07 Å². The number of nitriles is 1. The van der Waals surface area contributed by atoms with Crippen LogP contribution in [0, 0.1) is 18.3 Å². The monoisotopic (exact) mass is 267 g/mol. The number of nitrogens with two attached hydrogens (primary N) is 1. The van der Waals surface area contributed by atoms with Gasteiger partial charge in [0.2, 0.25) is 10.0 Å². The Bertz CT molecular complexity index is 586. The first-order valence-electron chi connectivity index (χ1n) is 5.47. The van der Waals surface area contributed by atoms with Gasteiger partial charge in [0.1, 0.15) is 11.0 Å². The number of nitrogens with zero attached hydrogens (tertiary/aromatic N) is 1. The fourth-order valence-corrected chi connectivity index (χ4v) is 3.12. The smallest absolute Gasteiger partial charge is 0.242 e. The van der Waals surface area contributed by atoms with Crippen LogP contribution >= 0.6 is 0 Å². The Morgan fingerprint density at radius 2 is 2.06 bits per heavy atom. The molecule has 18 heavy (non-hydrogen) atoms. The Morgan fingerprint density at radius 1 is 1.44 bits per heavy atom. The molecule has 0 fully saturated rings. The summed E-state index contributed by atoms with van der Waals surface area (Å²) >= 11 is 0. The molecule has 0 aliphatic heterocycles. The first-order valence-corrected chi connectivity index (χ1v) is 6.95. The highest BCUT2D eigenvalue weighted by Gasteiger charge is 2.27. The normalized spacial score (nSPS) is 12.2. The van der Waals surface area contributed by atoms with Gasteiger partial charge in [0, 0.05) is 12.1 Å². The Hall–Kier alpha value is -1.42. The van der Waals surface area contributed by atoms with Crippen LogP contribution in [0.5, 0.6) is 0 Å². The van der Waals surface area contributed by atoms with Gasteiger partial charge in [0.05, 0.1) is 5.56 Å². The molecule has 5 nitrogen and oxygen atoms in total. The molecule has 1 aromatic rings. The van der Waals surface area contributed by atoms with Gasteiger partial charge in [0.15, 0.2) is 0 Å². The second kappa shape index (κ2) is 5.06. The van der Waals surface area contributed by atoms with Crippen molar-refractivity contribution < 1.29 is 8.42 Å². The van der Waals surface area contributed by atoms with E-state index in [9.17, 15) is 8.42 Å². The van der Waals surface area contributed by atoms with Crippen LogP contribution in [0.15, 0.2) is 23.1 Å². The van der Waals surface area contributed by atoms with E-state index >= 15 is 0 Å². The summed E-state index contributed by atoms with van der Waals surface area (Å²) in [6.45, 7) is 5.24. The standard InChI is InChI=1S/C12H17N3O2S/c1-9-5-4-6-11(10(9)7-13)18(16,17)15-12(2,3)8-14/h4-6,15H,8,14H2,1-3H3. The maximum Gasteiger partial charge on any atom is 0.242 e. The first kappa shape index (κ1) is 14.6. The minimum absolute atomic E-state index is 0.00785. The van der Waals surface area contributed by atoms with Crippen molar-refractivity contribution in [1.29, 1.82) is 5.26 Å². The fraction of sp³-hybridized carbons (Fsp3) is 0.417. The third kappa shape index (κ3) is 3.07. The van der Waals surface area contributed by atoms with Crippen molar-refractivity contribution in [2.24, 2.45) is 5.73 Å². The van der Waals surface area contributed by atoms with Crippen molar-refractivity contribution in [1.82, 2.24) is 4.72 Å². The Morgan fingerprint density at radius 3 is 2.56 bits per heavy atom. The van der Waals surface area contributed by atoms with Gasteiger partial charge in [-0.2, -0.15) is 5.26 Å². The van der Waals surface area contributed by atoms with Gasteiger partial charge in [-0.1, -0.05) is 12.1 Å². The van der Waals surface area contributed by atoms with Crippen molar-refractivity contribution in [2.75, 3.05) is 6.54 Å². The Labute approximate surface area is 108 Å². The average molecular weight is 267 g/mol. The largest absolute Gasteiger partial charge is 0.329 e. The lowest BCUT2D eigenvalue weighted by atomic mass is 10.1. The molecule has 0 saturated carbocycles. The summed E-state index contributed by atoms with van der Waals surface area (Å²) in [6.07, 6.45) is 0. The highest BCUT2D eigenvalue weighted by Crippen LogP contribution is 2.19. The lowest BCUT2D eigenvalue weighted by molar-refractivity contribution is 0.462. The van der Waals surface area contributed by atoms with Crippen LogP contribution in [0.1, 0.15) is 25.0 Å². The molecule has 0 heterocycles. The molecule has 0 amide bonds. The van der Waals surface area contributed by atoms with Crippen molar-refractivity contribution >= 4 is 10.0 Å². The van der Waals surface area contributed by atoms with Crippen molar-refractivity contribution in [3.8, 4) is 6.07 Å². The third-order valence-corrected chi connectivity index (χ3v) is 4.30. The summed E-state index contributed by atoms with van der Waals surface area (Å²) in [7, 11) is -3.75. The number of hydrogen-bond acceptors (Lipinski definition) is 4. The highest BCUT2D eigenvalue weighted by molar-refractivity contribution is 7.89. The lowest BCUT2D eigenvalue weighted by Gasteiger charge is -2.24. The number of aryl methyl sites for hydroxylation is 1. The van der Waals surface area contributed by atoms with Crippen molar-refractivity contribution in [3.05, 3.63) is 29.3 Å². The predicted molar refractivity (Wildman–Crippen MR) is 69.3 cm³/mol. The van der Waals surface area contributed by atoms with E-state index in [0.29, 0.717) is 5.56 Å². The Kier molecular flexibility index (Phi) is 4.12. The number of benzene rings is 1. The van der Waals surface area contributed by atoms with Crippen LogP contribution in [0.2, 0.25) is 0 Å². The van der Waals surface area contributed by atoms with Crippen LogP contribution in [0.4, 0.5) is 0 Å². The van der Waals surface area contributed by atoms with Crippen LogP contribution in [0.25, 0.3) is 0 Å². The minimum Gasteiger partial charge on any atom is -0.329 e. The van der Waals surface area contributed by atoms with Gasteiger partial charge in [-0.05, 0) is 32.4 Å². The molecule has 0 aliphatic carbocycles. The van der Waals surface area contributed by atoms with E-state index < -0.39 is 15.6 Å². The second-order valence-corrected chi connectivity index (χ2v) is 6.40. The molecule has 1 aromatic carbocycles. The topological polar surface area (TPSA) is 96.0 Å². The first-order chi connectivity index (χ1) is 8.23. The molecule has 0 saturated heterocycles. The van der Waals surface area contributed by atoms with E-state index in [4.69, 9.17) is 11.0 Å². The Balaban J connectivity index is 3.31. The predicted octanol–water partition coefficient (Wildman–Crippen LogP) is 0.882. The molecule has 0 bridgehead atoms. The fourth-order valence-electron chi connectivity index (χ4n) is 1.47. The summed E-state index contributed by atoms with van der Waals surface area (Å²) < 4.78 is 26.9. The third-order valence-electron chi connectivity index (χ3n) is 2.56. The number of nitrogens with one attached hydrogen (secondary N) is 1. The molecule has 6 heteroatoms. The molecule has 0 atom stereocenters. The highest BCUT2D eigenvalue weighted by atomic mass is 32.2. The number of hydrogen-bond donors (Lipinski definition) is 2. The zero-order chi connectivity index (χ0) is 14.0. The maximum absolute atomic E-state index is 12.2. The van der Waals surface area contributed by atoms with E-state index in [1.54, 1.807) is 32.9 Å². The summed E-state index contributed by atoms with van der Waals surface area (Å²) in [5.74, 6) is 0. The van der Waals surface area contributed by atoms with Gasteiger partial charge < -0.3 is 5.73 Å². The van der Waals surface area contributed by atoms with E-state index in [2.05, 4.69) is 4.72 Å². The van der Waals surface area contributed by atoms with Gasteiger partial charge in [-0.3, -0.25) is 0 Å². The van der Waals surface area contributed by atoms with Crippen molar-refractivity contribution in [3.63, 3.8) is 0 Å². The SMILES string of the molecule is Cc1cccc(S(=O)(=O)NC(C)(C)CN)c1C#N. The molecule has 0 spiro atoms. The van der Waals surface area contributed by atoms with Gasteiger partial charge >= 0.3 is 0 Å². The summed E-state index contributed by atoms with van der Waals surface area (Å²) in [5.41, 5.74) is 5.54. The molecule has 98 valence electrons. The molecular weight excluding hydrogens is 250 g/mol. The zero-order valence-corrected chi connectivity index (χ0v) is 11.5. The van der Waals surface area contributed by atoms with Crippen LogP contribution in [-0.2, 0) is 10.0 Å². The van der Waals surface area contributed by atoms with Crippen LogP contribution < -0.4 is 10.5 Å². The summed E-state index contributed by atoms with van der Waals surface area (Å²) in [6, 6.07) is 6.65. The molecule has 0 aromatic heterocycles. The molecule has 3 N–H and O–H groups in total. The second-order valence-electron chi connectivity index (χ2n) is 4.75. The van der Waals surface area contributed by atoms with Crippen LogP contribution in [0.3, 0.4) is 0 Å². The maximum atomic E-state index is 12.2. The minimum atomic E-state index is -3.75. The molecule has 1 rings (SSSR count).